The number of benzene rings is 1. The van der Waals surface area contributed by atoms with Gasteiger partial charge in [0, 0.05) is 0 Å². The highest BCUT2D eigenvalue weighted by Crippen LogP contribution is 2.30. The van der Waals surface area contributed by atoms with Gasteiger partial charge in [0.05, 0.1) is 6.54 Å². The summed E-state index contributed by atoms with van der Waals surface area (Å²) in [7, 11) is 0. The Morgan fingerprint density at radius 3 is 2.59 bits per heavy atom. The van der Waals surface area contributed by atoms with Crippen molar-refractivity contribution in [2.24, 2.45) is 5.73 Å². The molecule has 0 spiro atoms. The van der Waals surface area contributed by atoms with E-state index in [-0.39, 0.29) is 5.41 Å². The smallest absolute Gasteiger partial charge is 0.312 e. The lowest BCUT2D eigenvalue weighted by Crippen LogP contribution is -2.32. The van der Waals surface area contributed by atoms with E-state index < -0.39 is 6.03 Å². The van der Waals surface area contributed by atoms with Crippen LogP contribution in [0, 0.1) is 0 Å². The van der Waals surface area contributed by atoms with E-state index in [1.54, 1.807) is 0 Å². The van der Waals surface area contributed by atoms with Crippen LogP contribution in [0.1, 0.15) is 26.3 Å². The minimum absolute atomic E-state index is 0.0354. The van der Waals surface area contributed by atoms with E-state index in [2.05, 4.69) is 32.2 Å². The molecule has 17 heavy (non-hydrogen) atoms. The Kier molecular flexibility index (Phi) is 4.37. The van der Waals surface area contributed by atoms with Crippen molar-refractivity contribution in [1.82, 2.24) is 5.32 Å². The number of hydrogen-bond donors (Lipinski definition) is 2. The molecular weight excluding hydrogens is 216 g/mol. The average molecular weight is 236 g/mol. The number of carbonyl (C=O) groups excluding carboxylic acids is 1. The molecule has 0 aliphatic heterocycles. The maximum absolute atomic E-state index is 10.5. The molecule has 0 bridgehead atoms. The lowest BCUT2D eigenvalue weighted by atomic mass is 9.86. The Balaban J connectivity index is 2.62. The van der Waals surface area contributed by atoms with Gasteiger partial charge in [0.2, 0.25) is 0 Å². The van der Waals surface area contributed by atoms with Gasteiger partial charge in [-0.15, -0.1) is 0 Å². The number of para-hydroxylation sites is 1. The Morgan fingerprint density at radius 1 is 1.35 bits per heavy atom. The molecule has 0 aliphatic carbocycles. The highest BCUT2D eigenvalue weighted by Gasteiger charge is 2.18. The van der Waals surface area contributed by atoms with E-state index in [4.69, 9.17) is 10.5 Å². The number of carbonyl (C=O) groups is 1. The zero-order valence-corrected chi connectivity index (χ0v) is 10.6. The first-order chi connectivity index (χ1) is 7.91. The molecule has 0 saturated carbocycles. The number of nitrogens with one attached hydrogen (secondary N) is 1. The van der Waals surface area contributed by atoms with E-state index in [0.717, 1.165) is 11.3 Å². The molecule has 94 valence electrons. The predicted molar refractivity (Wildman–Crippen MR) is 68.2 cm³/mol. The highest BCUT2D eigenvalue weighted by molar-refractivity contribution is 5.71. The molecule has 0 unspecified atom stereocenters. The van der Waals surface area contributed by atoms with Crippen LogP contribution in [0.2, 0.25) is 0 Å². The van der Waals surface area contributed by atoms with Crippen molar-refractivity contribution in [3.63, 3.8) is 0 Å². The summed E-state index contributed by atoms with van der Waals surface area (Å²) in [4.78, 5) is 10.5. The number of urea groups is 1. The van der Waals surface area contributed by atoms with Crippen LogP contribution in [0.5, 0.6) is 5.75 Å². The summed E-state index contributed by atoms with van der Waals surface area (Å²) in [5, 5.41) is 2.49. The molecule has 0 heterocycles. The van der Waals surface area contributed by atoms with Crippen molar-refractivity contribution >= 4 is 6.03 Å². The lowest BCUT2D eigenvalue weighted by Gasteiger charge is -2.22. The van der Waals surface area contributed by atoms with Crippen molar-refractivity contribution in [2.45, 2.75) is 26.2 Å². The Labute approximate surface area is 102 Å². The summed E-state index contributed by atoms with van der Waals surface area (Å²) in [5.41, 5.74) is 6.15. The largest absolute Gasteiger partial charge is 0.491 e. The van der Waals surface area contributed by atoms with Crippen molar-refractivity contribution in [1.29, 1.82) is 0 Å². The van der Waals surface area contributed by atoms with Gasteiger partial charge in [0.1, 0.15) is 12.4 Å². The second-order valence-corrected chi connectivity index (χ2v) is 4.89. The normalized spacial score (nSPS) is 11.0. The van der Waals surface area contributed by atoms with Gasteiger partial charge in [0.25, 0.3) is 0 Å². The van der Waals surface area contributed by atoms with Gasteiger partial charge in [0.15, 0.2) is 0 Å². The molecule has 1 rings (SSSR count). The van der Waals surface area contributed by atoms with Gasteiger partial charge in [-0.05, 0) is 17.0 Å². The number of nitrogens with two attached hydrogens (primary N) is 1. The minimum atomic E-state index is -0.530. The Bertz CT molecular complexity index is 383. The van der Waals surface area contributed by atoms with E-state index in [9.17, 15) is 4.79 Å². The number of rotatable bonds is 4. The number of amides is 2. The summed E-state index contributed by atoms with van der Waals surface area (Å²) in [6.07, 6.45) is 0. The highest BCUT2D eigenvalue weighted by atomic mass is 16.5. The quantitative estimate of drug-likeness (QED) is 0.786. The lowest BCUT2D eigenvalue weighted by molar-refractivity contribution is 0.244. The molecule has 2 amide bonds. The van der Waals surface area contributed by atoms with Crippen molar-refractivity contribution in [2.75, 3.05) is 13.2 Å². The molecule has 0 atom stereocenters. The summed E-state index contributed by atoms with van der Waals surface area (Å²) in [5.74, 6) is 0.853. The van der Waals surface area contributed by atoms with Gasteiger partial charge in [-0.25, -0.2) is 4.79 Å². The number of hydrogen-bond acceptors (Lipinski definition) is 2. The number of primary amides is 1. The zero-order valence-electron chi connectivity index (χ0n) is 10.6. The molecule has 0 saturated heterocycles. The molecule has 4 nitrogen and oxygen atoms in total. The summed E-state index contributed by atoms with van der Waals surface area (Å²) in [6, 6.07) is 7.39. The van der Waals surface area contributed by atoms with E-state index in [1.165, 1.54) is 0 Å². The molecule has 1 aromatic carbocycles. The second kappa shape index (κ2) is 5.57. The van der Waals surface area contributed by atoms with Gasteiger partial charge >= 0.3 is 6.03 Å². The third kappa shape index (κ3) is 4.34. The topological polar surface area (TPSA) is 64.3 Å². The summed E-state index contributed by atoms with van der Waals surface area (Å²) < 4.78 is 5.64. The van der Waals surface area contributed by atoms with Gasteiger partial charge in [-0.2, -0.15) is 0 Å². The minimum Gasteiger partial charge on any atom is -0.491 e. The maximum Gasteiger partial charge on any atom is 0.312 e. The maximum atomic E-state index is 10.5. The first-order valence-electron chi connectivity index (χ1n) is 5.67. The van der Waals surface area contributed by atoms with Crippen LogP contribution >= 0.6 is 0 Å². The third-order valence-corrected chi connectivity index (χ3v) is 2.35. The second-order valence-electron chi connectivity index (χ2n) is 4.89. The monoisotopic (exact) mass is 236 g/mol. The molecule has 4 heteroatoms. The van der Waals surface area contributed by atoms with E-state index >= 15 is 0 Å². The summed E-state index contributed by atoms with van der Waals surface area (Å²) in [6.45, 7) is 7.23. The third-order valence-electron chi connectivity index (χ3n) is 2.35. The molecule has 0 aliphatic rings. The van der Waals surface area contributed by atoms with Crippen molar-refractivity contribution < 1.29 is 9.53 Å². The fourth-order valence-corrected chi connectivity index (χ4v) is 1.55. The summed E-state index contributed by atoms with van der Waals surface area (Å²) >= 11 is 0. The molecular formula is C13H20N2O2. The van der Waals surface area contributed by atoms with Gasteiger partial charge < -0.3 is 15.8 Å². The average Bonchev–Trinajstić information content (AvgIpc) is 2.23. The van der Waals surface area contributed by atoms with Gasteiger partial charge in [-0.3, -0.25) is 0 Å². The fraction of sp³-hybridized carbons (Fsp3) is 0.462. The van der Waals surface area contributed by atoms with E-state index in [0.29, 0.717) is 13.2 Å². The molecule has 0 aromatic heterocycles. The Hall–Kier alpha value is -1.71. The van der Waals surface area contributed by atoms with Crippen LogP contribution in [-0.4, -0.2) is 19.2 Å². The molecule has 0 radical (unpaired) electrons. The molecule has 3 N–H and O–H groups in total. The van der Waals surface area contributed by atoms with Crippen LogP contribution in [-0.2, 0) is 5.41 Å². The van der Waals surface area contributed by atoms with Crippen LogP contribution in [0.15, 0.2) is 24.3 Å². The Morgan fingerprint density at radius 2 is 2.00 bits per heavy atom. The first-order valence-corrected chi connectivity index (χ1v) is 5.67. The molecule has 1 aromatic rings. The van der Waals surface area contributed by atoms with Crippen molar-refractivity contribution in [3.8, 4) is 5.75 Å². The van der Waals surface area contributed by atoms with Crippen molar-refractivity contribution in [3.05, 3.63) is 29.8 Å². The van der Waals surface area contributed by atoms with Crippen LogP contribution in [0.4, 0.5) is 4.79 Å². The first kappa shape index (κ1) is 13.4. The van der Waals surface area contributed by atoms with Crippen LogP contribution in [0.3, 0.4) is 0 Å². The van der Waals surface area contributed by atoms with Gasteiger partial charge in [-0.1, -0.05) is 39.0 Å². The zero-order chi connectivity index (χ0) is 12.9. The fourth-order valence-electron chi connectivity index (χ4n) is 1.55. The predicted octanol–water partition coefficient (Wildman–Crippen LogP) is 2.03. The van der Waals surface area contributed by atoms with Crippen LogP contribution in [0.25, 0.3) is 0 Å². The standard InChI is InChI=1S/C13H20N2O2/c1-13(2,3)10-6-4-5-7-11(10)17-9-8-15-12(14)16/h4-7H,8-9H2,1-3H3,(H3,14,15,16). The molecule has 0 fully saturated rings. The van der Waals surface area contributed by atoms with E-state index in [1.807, 2.05) is 18.2 Å². The number of ether oxygens (including phenoxy) is 1. The van der Waals surface area contributed by atoms with Crippen LogP contribution < -0.4 is 15.8 Å². The SMILES string of the molecule is CC(C)(C)c1ccccc1OCCNC(N)=O.